The molecule has 1 unspecified atom stereocenters. The van der Waals surface area contributed by atoms with E-state index in [4.69, 9.17) is 4.74 Å². The largest absolute Gasteiger partial charge is 0.380 e. The first kappa shape index (κ1) is 10.9. The second-order valence-electron chi connectivity index (χ2n) is 3.07. The predicted molar refractivity (Wildman–Crippen MR) is 49.6 cm³/mol. The van der Waals surface area contributed by atoms with Crippen LogP contribution in [0.3, 0.4) is 0 Å². The molecule has 0 saturated carbocycles. The van der Waals surface area contributed by atoms with Gasteiger partial charge in [0.2, 0.25) is 0 Å². The van der Waals surface area contributed by atoms with Gasteiger partial charge in [-0.25, -0.2) is 4.72 Å². The third kappa shape index (κ3) is 2.63. The summed E-state index contributed by atoms with van der Waals surface area (Å²) in [6.07, 6.45) is 0.751. The highest BCUT2D eigenvalue weighted by Gasteiger charge is 2.26. The molecule has 0 aromatic rings. The summed E-state index contributed by atoms with van der Waals surface area (Å²) < 4.78 is 31.9. The summed E-state index contributed by atoms with van der Waals surface area (Å²) in [6, 6.07) is 0.0138. The molecule has 0 aromatic heterocycles. The quantitative estimate of drug-likeness (QED) is 0.669. The molecule has 0 aromatic carbocycles. The van der Waals surface area contributed by atoms with Gasteiger partial charge >= 0.3 is 0 Å². The lowest BCUT2D eigenvalue weighted by Gasteiger charge is -2.24. The average molecular weight is 208 g/mol. The van der Waals surface area contributed by atoms with Crippen LogP contribution in [-0.4, -0.2) is 45.6 Å². The molecule has 1 aliphatic rings. The molecule has 0 bridgehead atoms. The van der Waals surface area contributed by atoms with Crippen molar-refractivity contribution in [2.45, 2.75) is 19.4 Å². The van der Waals surface area contributed by atoms with E-state index in [1.807, 2.05) is 6.92 Å². The van der Waals surface area contributed by atoms with E-state index in [-0.39, 0.29) is 6.04 Å². The van der Waals surface area contributed by atoms with Crippen molar-refractivity contribution < 1.29 is 13.2 Å². The number of nitrogens with zero attached hydrogens (tertiary/aromatic N) is 1. The fourth-order valence-corrected chi connectivity index (χ4v) is 2.48. The van der Waals surface area contributed by atoms with Crippen LogP contribution < -0.4 is 4.72 Å². The van der Waals surface area contributed by atoms with Crippen LogP contribution in [0.25, 0.3) is 0 Å². The van der Waals surface area contributed by atoms with Crippen molar-refractivity contribution in [2.75, 3.05) is 26.8 Å². The molecule has 0 spiro atoms. The van der Waals surface area contributed by atoms with Gasteiger partial charge in [-0.05, 0) is 13.3 Å². The molecule has 1 atom stereocenters. The minimum Gasteiger partial charge on any atom is -0.380 e. The highest BCUT2D eigenvalue weighted by molar-refractivity contribution is 7.87. The highest BCUT2D eigenvalue weighted by atomic mass is 32.2. The summed E-state index contributed by atoms with van der Waals surface area (Å²) in [4.78, 5) is 0. The monoisotopic (exact) mass is 208 g/mol. The third-order valence-electron chi connectivity index (χ3n) is 2.19. The normalized spacial score (nSPS) is 27.1. The van der Waals surface area contributed by atoms with Gasteiger partial charge in [0.1, 0.15) is 0 Å². The van der Waals surface area contributed by atoms with Crippen LogP contribution in [0.1, 0.15) is 13.3 Å². The second kappa shape index (κ2) is 4.36. The Bertz CT molecular complexity index is 252. The first-order valence-corrected chi connectivity index (χ1v) is 5.80. The Kier molecular flexibility index (Phi) is 3.66. The zero-order valence-corrected chi connectivity index (χ0v) is 8.80. The Balaban J connectivity index is 2.75. The van der Waals surface area contributed by atoms with E-state index in [9.17, 15) is 8.42 Å². The summed E-state index contributed by atoms with van der Waals surface area (Å²) >= 11 is 0. The van der Waals surface area contributed by atoms with E-state index < -0.39 is 10.2 Å². The first-order valence-electron chi connectivity index (χ1n) is 4.36. The minimum absolute atomic E-state index is 0.0138. The number of ether oxygens (including phenoxy) is 1. The Morgan fingerprint density at radius 2 is 2.15 bits per heavy atom. The number of nitrogens with one attached hydrogen (secondary N) is 1. The zero-order chi connectivity index (χ0) is 9.90. The molecule has 1 rings (SSSR count). The van der Waals surface area contributed by atoms with Crippen molar-refractivity contribution in [1.82, 2.24) is 9.03 Å². The van der Waals surface area contributed by atoms with Crippen molar-refractivity contribution in [3.05, 3.63) is 0 Å². The van der Waals surface area contributed by atoms with Crippen molar-refractivity contribution in [1.29, 1.82) is 0 Å². The lowest BCUT2D eigenvalue weighted by Crippen LogP contribution is -2.44. The Morgan fingerprint density at radius 1 is 1.46 bits per heavy atom. The summed E-state index contributed by atoms with van der Waals surface area (Å²) in [5.41, 5.74) is 0. The van der Waals surface area contributed by atoms with Gasteiger partial charge in [0.25, 0.3) is 10.2 Å². The molecule has 5 nitrogen and oxygen atoms in total. The average Bonchev–Trinajstić information content (AvgIpc) is 2.30. The van der Waals surface area contributed by atoms with Crippen molar-refractivity contribution in [3.63, 3.8) is 0 Å². The van der Waals surface area contributed by atoms with Gasteiger partial charge in [-0.1, -0.05) is 0 Å². The van der Waals surface area contributed by atoms with Crippen LogP contribution >= 0.6 is 0 Å². The molecule has 1 saturated heterocycles. The SMILES string of the molecule is CNS(=O)(=O)N1CCOCCC1C. The van der Waals surface area contributed by atoms with E-state index in [1.165, 1.54) is 11.4 Å². The number of hydrogen-bond acceptors (Lipinski definition) is 3. The standard InChI is InChI=1S/C7H16N2O3S/c1-7-3-5-12-6-4-9(7)13(10,11)8-2/h7-8H,3-6H2,1-2H3. The zero-order valence-electron chi connectivity index (χ0n) is 7.99. The third-order valence-corrected chi connectivity index (χ3v) is 3.87. The maximum atomic E-state index is 11.5. The molecule has 13 heavy (non-hydrogen) atoms. The van der Waals surface area contributed by atoms with Gasteiger partial charge in [0.05, 0.1) is 6.61 Å². The minimum atomic E-state index is -3.29. The number of hydrogen-bond donors (Lipinski definition) is 1. The van der Waals surface area contributed by atoms with Crippen LogP contribution in [0.5, 0.6) is 0 Å². The molecule has 1 aliphatic heterocycles. The summed E-state index contributed by atoms with van der Waals surface area (Å²) in [6.45, 7) is 3.44. The van der Waals surface area contributed by atoms with Crippen LogP contribution in [0.2, 0.25) is 0 Å². The van der Waals surface area contributed by atoms with Gasteiger partial charge < -0.3 is 4.74 Å². The highest BCUT2D eigenvalue weighted by Crippen LogP contribution is 2.11. The molecule has 78 valence electrons. The molecule has 0 radical (unpaired) electrons. The molecule has 6 heteroatoms. The van der Waals surface area contributed by atoms with Crippen LogP contribution in [0.15, 0.2) is 0 Å². The molecular formula is C7H16N2O3S. The Hall–Kier alpha value is -0.170. The maximum absolute atomic E-state index is 11.5. The topological polar surface area (TPSA) is 58.6 Å². The van der Waals surface area contributed by atoms with Gasteiger partial charge in [-0.2, -0.15) is 12.7 Å². The summed E-state index contributed by atoms with van der Waals surface area (Å²) in [7, 11) is -1.87. The number of rotatable bonds is 2. The Morgan fingerprint density at radius 3 is 2.77 bits per heavy atom. The lowest BCUT2D eigenvalue weighted by molar-refractivity contribution is 0.147. The van der Waals surface area contributed by atoms with Gasteiger partial charge in [0.15, 0.2) is 0 Å². The van der Waals surface area contributed by atoms with Crippen molar-refractivity contribution in [2.24, 2.45) is 0 Å². The molecule has 1 heterocycles. The summed E-state index contributed by atoms with van der Waals surface area (Å²) in [5, 5.41) is 0. The van der Waals surface area contributed by atoms with E-state index >= 15 is 0 Å². The van der Waals surface area contributed by atoms with Gasteiger partial charge in [-0.15, -0.1) is 0 Å². The van der Waals surface area contributed by atoms with Gasteiger partial charge in [-0.3, -0.25) is 0 Å². The van der Waals surface area contributed by atoms with E-state index in [0.29, 0.717) is 19.8 Å². The maximum Gasteiger partial charge on any atom is 0.279 e. The lowest BCUT2D eigenvalue weighted by atomic mass is 10.2. The first-order chi connectivity index (χ1) is 6.08. The van der Waals surface area contributed by atoms with E-state index in [0.717, 1.165) is 6.42 Å². The molecule has 0 aliphatic carbocycles. The molecule has 1 N–H and O–H groups in total. The predicted octanol–water partition coefficient (Wildman–Crippen LogP) is -0.439. The fraction of sp³-hybridized carbons (Fsp3) is 1.00. The molecule has 0 amide bonds. The Labute approximate surface area is 79.2 Å². The van der Waals surface area contributed by atoms with E-state index in [2.05, 4.69) is 4.72 Å². The fourth-order valence-electron chi connectivity index (χ4n) is 1.35. The summed E-state index contributed by atoms with van der Waals surface area (Å²) in [5.74, 6) is 0. The molecular weight excluding hydrogens is 192 g/mol. The van der Waals surface area contributed by atoms with Crippen molar-refractivity contribution >= 4 is 10.2 Å². The van der Waals surface area contributed by atoms with Crippen LogP contribution in [0.4, 0.5) is 0 Å². The van der Waals surface area contributed by atoms with Crippen molar-refractivity contribution in [3.8, 4) is 0 Å². The van der Waals surface area contributed by atoms with Crippen LogP contribution in [-0.2, 0) is 14.9 Å². The smallest absolute Gasteiger partial charge is 0.279 e. The molecule has 1 fully saturated rings. The van der Waals surface area contributed by atoms with E-state index in [1.54, 1.807) is 0 Å². The van der Waals surface area contributed by atoms with Crippen LogP contribution in [0, 0.1) is 0 Å². The second-order valence-corrected chi connectivity index (χ2v) is 4.90. The van der Waals surface area contributed by atoms with Gasteiger partial charge in [0, 0.05) is 26.2 Å².